The Morgan fingerprint density at radius 2 is 1.79 bits per heavy atom. The van der Waals surface area contributed by atoms with Gasteiger partial charge in [0, 0.05) is 23.8 Å². The van der Waals surface area contributed by atoms with Gasteiger partial charge in [0.2, 0.25) is 0 Å². The summed E-state index contributed by atoms with van der Waals surface area (Å²) in [6.07, 6.45) is 1.82. The van der Waals surface area contributed by atoms with E-state index in [1.165, 1.54) is 0 Å². The average molecular weight is 412 g/mol. The van der Waals surface area contributed by atoms with Gasteiger partial charge in [0.05, 0.1) is 20.3 Å². The van der Waals surface area contributed by atoms with Crippen LogP contribution in [-0.4, -0.2) is 30.4 Å². The lowest BCUT2D eigenvalue weighted by Gasteiger charge is -2.16. The molecule has 0 aliphatic heterocycles. The number of thiocarbonyl (C=S) groups is 1. The van der Waals surface area contributed by atoms with Gasteiger partial charge in [-0.3, -0.25) is 4.98 Å². The van der Waals surface area contributed by atoms with E-state index in [1.54, 1.807) is 20.4 Å². The highest BCUT2D eigenvalue weighted by atomic mass is 32.1. The minimum atomic E-state index is 0.0819. The molecule has 0 saturated carbocycles. The van der Waals surface area contributed by atoms with Crippen molar-refractivity contribution in [2.24, 2.45) is 0 Å². The van der Waals surface area contributed by atoms with E-state index in [0.717, 1.165) is 33.7 Å². The molecule has 2 N–H and O–H groups in total. The van der Waals surface area contributed by atoms with E-state index in [1.807, 2.05) is 56.3 Å². The van der Waals surface area contributed by atoms with Gasteiger partial charge >= 0.3 is 0 Å². The van der Waals surface area contributed by atoms with Crippen LogP contribution in [0.25, 0.3) is 10.9 Å². The van der Waals surface area contributed by atoms with Gasteiger partial charge in [-0.05, 0) is 68.0 Å². The lowest BCUT2D eigenvalue weighted by Crippen LogP contribution is -2.28. The summed E-state index contributed by atoms with van der Waals surface area (Å²) in [5.41, 5.74) is 2.68. The van der Waals surface area contributed by atoms with Crippen molar-refractivity contribution in [1.29, 1.82) is 0 Å². The number of hydrogen-bond donors (Lipinski definition) is 2. The normalized spacial score (nSPS) is 10.7. The van der Waals surface area contributed by atoms with Gasteiger partial charge in [-0.2, -0.15) is 0 Å². The number of rotatable bonds is 7. The molecule has 0 aliphatic carbocycles. The Bertz CT molecular complexity index is 1010. The SMILES string of the molecule is COc1cc(CNC(=S)Nc2ccc(OC)c3ncccc23)ccc1OC(C)C. The fourth-order valence-corrected chi connectivity index (χ4v) is 3.12. The van der Waals surface area contributed by atoms with Crippen LogP contribution in [0.3, 0.4) is 0 Å². The minimum absolute atomic E-state index is 0.0819. The maximum absolute atomic E-state index is 5.76. The second-order valence-electron chi connectivity index (χ2n) is 6.67. The zero-order chi connectivity index (χ0) is 20.8. The molecule has 0 radical (unpaired) electrons. The highest BCUT2D eigenvalue weighted by molar-refractivity contribution is 7.80. The molecule has 0 amide bonds. The molecule has 0 saturated heterocycles. The summed E-state index contributed by atoms with van der Waals surface area (Å²) >= 11 is 5.47. The van der Waals surface area contributed by atoms with E-state index >= 15 is 0 Å². The van der Waals surface area contributed by atoms with Crippen molar-refractivity contribution in [3.63, 3.8) is 0 Å². The van der Waals surface area contributed by atoms with Gasteiger partial charge in [0.1, 0.15) is 11.3 Å². The van der Waals surface area contributed by atoms with Crippen LogP contribution >= 0.6 is 12.2 Å². The van der Waals surface area contributed by atoms with Crippen LogP contribution in [0.1, 0.15) is 19.4 Å². The Kier molecular flexibility index (Phi) is 6.72. The summed E-state index contributed by atoms with van der Waals surface area (Å²) in [5.74, 6) is 2.15. The quantitative estimate of drug-likeness (QED) is 0.554. The Morgan fingerprint density at radius 1 is 1.03 bits per heavy atom. The fourth-order valence-electron chi connectivity index (χ4n) is 2.94. The molecule has 0 bridgehead atoms. The number of ether oxygens (including phenoxy) is 3. The van der Waals surface area contributed by atoms with Gasteiger partial charge in [-0.15, -0.1) is 0 Å². The molecule has 3 aromatic rings. The molecule has 3 rings (SSSR count). The Labute approximate surface area is 176 Å². The van der Waals surface area contributed by atoms with Gasteiger partial charge < -0.3 is 24.8 Å². The Hall–Kier alpha value is -3.06. The molecule has 0 aliphatic rings. The van der Waals surface area contributed by atoms with Crippen molar-refractivity contribution in [2.45, 2.75) is 26.5 Å². The first-order valence-corrected chi connectivity index (χ1v) is 9.72. The predicted molar refractivity (Wildman–Crippen MR) is 120 cm³/mol. The first kappa shape index (κ1) is 20.7. The topological polar surface area (TPSA) is 64.6 Å². The number of nitrogens with one attached hydrogen (secondary N) is 2. The molecular weight excluding hydrogens is 386 g/mol. The third kappa shape index (κ3) is 5.06. The van der Waals surface area contributed by atoms with E-state index in [4.69, 9.17) is 26.4 Å². The van der Waals surface area contributed by atoms with E-state index in [2.05, 4.69) is 15.6 Å². The maximum Gasteiger partial charge on any atom is 0.171 e. The summed E-state index contributed by atoms with van der Waals surface area (Å²) in [4.78, 5) is 4.41. The molecule has 7 heteroatoms. The van der Waals surface area contributed by atoms with Crippen LogP contribution in [0.4, 0.5) is 5.69 Å². The van der Waals surface area contributed by atoms with Gasteiger partial charge in [-0.1, -0.05) is 6.07 Å². The van der Waals surface area contributed by atoms with E-state index in [9.17, 15) is 0 Å². The smallest absolute Gasteiger partial charge is 0.171 e. The Balaban J connectivity index is 1.69. The largest absolute Gasteiger partial charge is 0.494 e. The summed E-state index contributed by atoms with van der Waals surface area (Å²) in [7, 11) is 3.27. The number of nitrogens with zero attached hydrogens (tertiary/aromatic N) is 1. The Morgan fingerprint density at radius 3 is 2.52 bits per heavy atom. The lowest BCUT2D eigenvalue weighted by atomic mass is 10.1. The molecule has 0 atom stereocenters. The second kappa shape index (κ2) is 9.43. The third-order valence-corrected chi connectivity index (χ3v) is 4.49. The van der Waals surface area contributed by atoms with E-state index in [-0.39, 0.29) is 6.10 Å². The molecule has 1 aromatic heterocycles. The molecule has 29 heavy (non-hydrogen) atoms. The van der Waals surface area contributed by atoms with Crippen LogP contribution in [0.15, 0.2) is 48.7 Å². The highest BCUT2D eigenvalue weighted by Crippen LogP contribution is 2.30. The van der Waals surface area contributed by atoms with Crippen LogP contribution in [-0.2, 0) is 6.54 Å². The van der Waals surface area contributed by atoms with Crippen LogP contribution in [0.5, 0.6) is 17.2 Å². The van der Waals surface area contributed by atoms with Crippen molar-refractivity contribution in [2.75, 3.05) is 19.5 Å². The van der Waals surface area contributed by atoms with Crippen LogP contribution < -0.4 is 24.8 Å². The molecule has 0 unspecified atom stereocenters. The lowest BCUT2D eigenvalue weighted by molar-refractivity contribution is 0.230. The highest BCUT2D eigenvalue weighted by Gasteiger charge is 2.10. The molecule has 0 fully saturated rings. The fraction of sp³-hybridized carbons (Fsp3) is 0.273. The first-order chi connectivity index (χ1) is 14.0. The van der Waals surface area contributed by atoms with Gasteiger partial charge in [0.15, 0.2) is 16.6 Å². The number of anilines is 1. The number of fused-ring (bicyclic) bond motifs is 1. The van der Waals surface area contributed by atoms with E-state index < -0.39 is 0 Å². The molecular formula is C22H25N3O3S. The maximum atomic E-state index is 5.76. The standard InChI is InChI=1S/C22H25N3O3S/c1-14(2)28-18-9-7-15(12-20(18)27-4)13-24-22(29)25-17-8-10-19(26-3)21-16(17)6-5-11-23-21/h5-12,14H,13H2,1-4H3,(H2,24,25,29). The monoisotopic (exact) mass is 411 g/mol. The summed E-state index contributed by atoms with van der Waals surface area (Å²) < 4.78 is 16.6. The zero-order valence-electron chi connectivity index (χ0n) is 17.0. The third-order valence-electron chi connectivity index (χ3n) is 4.24. The van der Waals surface area contributed by atoms with E-state index in [0.29, 0.717) is 17.4 Å². The van der Waals surface area contributed by atoms with Crippen molar-refractivity contribution in [3.8, 4) is 17.2 Å². The predicted octanol–water partition coefficient (Wildman–Crippen LogP) is 4.53. The number of methoxy groups -OCH3 is 2. The average Bonchev–Trinajstić information content (AvgIpc) is 2.73. The second-order valence-corrected chi connectivity index (χ2v) is 7.08. The number of hydrogen-bond acceptors (Lipinski definition) is 5. The van der Waals surface area contributed by atoms with Gasteiger partial charge in [0.25, 0.3) is 0 Å². The summed E-state index contributed by atoms with van der Waals surface area (Å²) in [6, 6.07) is 13.5. The van der Waals surface area contributed by atoms with Crippen LogP contribution in [0.2, 0.25) is 0 Å². The van der Waals surface area contributed by atoms with Crippen LogP contribution in [0, 0.1) is 0 Å². The minimum Gasteiger partial charge on any atom is -0.494 e. The van der Waals surface area contributed by atoms with Gasteiger partial charge in [-0.25, -0.2) is 0 Å². The summed E-state index contributed by atoms with van der Waals surface area (Å²) in [6.45, 7) is 4.52. The summed E-state index contributed by atoms with van der Waals surface area (Å²) in [5, 5.41) is 7.92. The van der Waals surface area contributed by atoms with Crippen molar-refractivity contribution >= 4 is 33.9 Å². The van der Waals surface area contributed by atoms with Crippen molar-refractivity contribution < 1.29 is 14.2 Å². The van der Waals surface area contributed by atoms with Crippen molar-refractivity contribution in [3.05, 3.63) is 54.2 Å². The van der Waals surface area contributed by atoms with Crippen molar-refractivity contribution in [1.82, 2.24) is 10.3 Å². The number of aromatic nitrogens is 1. The molecule has 6 nitrogen and oxygen atoms in total. The molecule has 2 aromatic carbocycles. The first-order valence-electron chi connectivity index (χ1n) is 9.32. The number of pyridine rings is 1. The molecule has 1 heterocycles. The zero-order valence-corrected chi connectivity index (χ0v) is 17.8. The molecule has 152 valence electrons. The number of benzene rings is 2. The molecule has 0 spiro atoms.